The van der Waals surface area contributed by atoms with Gasteiger partial charge in [0.05, 0.1) is 19.7 Å². The summed E-state index contributed by atoms with van der Waals surface area (Å²) in [6, 6.07) is 3.88. The zero-order valence-electron chi connectivity index (χ0n) is 12.8. The third-order valence-electron chi connectivity index (χ3n) is 4.20. The topological polar surface area (TPSA) is 47.5 Å². The third kappa shape index (κ3) is 2.60. The number of hydrogen-bond acceptors (Lipinski definition) is 5. The second-order valence-corrected chi connectivity index (χ2v) is 5.59. The van der Waals surface area contributed by atoms with Crippen molar-refractivity contribution >= 4 is 16.7 Å². The Morgan fingerprint density at radius 2 is 1.71 bits per heavy atom. The number of nitrogens with zero attached hydrogens (tertiary/aromatic N) is 3. The maximum absolute atomic E-state index is 5.40. The van der Waals surface area contributed by atoms with Crippen molar-refractivity contribution in [3.63, 3.8) is 0 Å². The molecule has 1 saturated heterocycles. The average Bonchev–Trinajstić information content (AvgIpc) is 2.53. The van der Waals surface area contributed by atoms with Crippen LogP contribution in [-0.4, -0.2) is 37.3 Å². The van der Waals surface area contributed by atoms with E-state index in [2.05, 4.69) is 21.8 Å². The van der Waals surface area contributed by atoms with E-state index in [1.807, 2.05) is 12.1 Å². The maximum Gasteiger partial charge on any atom is 0.162 e. The molecule has 0 aliphatic carbocycles. The number of anilines is 1. The van der Waals surface area contributed by atoms with E-state index < -0.39 is 0 Å². The van der Waals surface area contributed by atoms with Crippen LogP contribution in [0, 0.1) is 5.92 Å². The molecule has 1 aliphatic rings. The van der Waals surface area contributed by atoms with Crippen molar-refractivity contribution in [1.29, 1.82) is 0 Å². The van der Waals surface area contributed by atoms with Crippen molar-refractivity contribution < 1.29 is 9.47 Å². The molecule has 2 heterocycles. The average molecular weight is 287 g/mol. The number of hydrogen-bond donors (Lipinski definition) is 0. The van der Waals surface area contributed by atoms with E-state index in [-0.39, 0.29) is 0 Å². The molecule has 0 amide bonds. The molecule has 0 N–H and O–H groups in total. The van der Waals surface area contributed by atoms with Crippen molar-refractivity contribution in [1.82, 2.24) is 9.97 Å². The second kappa shape index (κ2) is 5.76. The monoisotopic (exact) mass is 287 g/mol. The highest BCUT2D eigenvalue weighted by Gasteiger charge is 2.20. The zero-order valence-corrected chi connectivity index (χ0v) is 12.8. The summed E-state index contributed by atoms with van der Waals surface area (Å²) in [7, 11) is 3.29. The van der Waals surface area contributed by atoms with Gasteiger partial charge in [-0.25, -0.2) is 9.97 Å². The molecule has 3 rings (SSSR count). The highest BCUT2D eigenvalue weighted by Crippen LogP contribution is 2.35. The van der Waals surface area contributed by atoms with Gasteiger partial charge in [0, 0.05) is 24.5 Å². The third-order valence-corrected chi connectivity index (χ3v) is 4.20. The predicted molar refractivity (Wildman–Crippen MR) is 83.3 cm³/mol. The quantitative estimate of drug-likeness (QED) is 0.868. The summed E-state index contributed by atoms with van der Waals surface area (Å²) in [5.74, 6) is 3.20. The first-order chi connectivity index (χ1) is 10.2. The highest BCUT2D eigenvalue weighted by molar-refractivity contribution is 5.92. The van der Waals surface area contributed by atoms with Crippen molar-refractivity contribution in [2.24, 2.45) is 5.92 Å². The molecular formula is C16H21N3O2. The van der Waals surface area contributed by atoms with E-state index >= 15 is 0 Å². The number of methoxy groups -OCH3 is 2. The van der Waals surface area contributed by atoms with Gasteiger partial charge in [0.15, 0.2) is 11.5 Å². The minimum Gasteiger partial charge on any atom is -0.493 e. The first-order valence-electron chi connectivity index (χ1n) is 7.34. The van der Waals surface area contributed by atoms with Gasteiger partial charge in [0.1, 0.15) is 12.1 Å². The molecule has 1 aromatic heterocycles. The summed E-state index contributed by atoms with van der Waals surface area (Å²) >= 11 is 0. The molecule has 0 bridgehead atoms. The molecule has 1 fully saturated rings. The zero-order chi connectivity index (χ0) is 14.8. The number of ether oxygens (including phenoxy) is 2. The van der Waals surface area contributed by atoms with Gasteiger partial charge in [0.25, 0.3) is 0 Å². The molecule has 0 atom stereocenters. The lowest BCUT2D eigenvalue weighted by Crippen LogP contribution is -2.33. The summed E-state index contributed by atoms with van der Waals surface area (Å²) in [6.07, 6.45) is 4.04. The number of rotatable bonds is 3. The van der Waals surface area contributed by atoms with Crippen LogP contribution >= 0.6 is 0 Å². The molecule has 1 aliphatic heterocycles. The van der Waals surface area contributed by atoms with Gasteiger partial charge in [-0.05, 0) is 24.8 Å². The van der Waals surface area contributed by atoms with Crippen molar-refractivity contribution in [3.8, 4) is 11.5 Å². The largest absolute Gasteiger partial charge is 0.493 e. The minimum atomic E-state index is 0.696. The number of piperidine rings is 1. The Bertz CT molecular complexity index is 637. The molecule has 0 radical (unpaired) electrons. The summed E-state index contributed by atoms with van der Waals surface area (Å²) in [4.78, 5) is 11.2. The minimum absolute atomic E-state index is 0.696. The smallest absolute Gasteiger partial charge is 0.162 e. The van der Waals surface area contributed by atoms with Crippen LogP contribution in [0.2, 0.25) is 0 Å². The Balaban J connectivity index is 2.06. The van der Waals surface area contributed by atoms with Crippen LogP contribution in [0.5, 0.6) is 11.5 Å². The van der Waals surface area contributed by atoms with Crippen molar-refractivity contribution in [3.05, 3.63) is 18.5 Å². The van der Waals surface area contributed by atoms with Gasteiger partial charge in [-0.3, -0.25) is 0 Å². The fourth-order valence-electron chi connectivity index (χ4n) is 2.84. The fraction of sp³-hybridized carbons (Fsp3) is 0.500. The fourth-order valence-corrected chi connectivity index (χ4v) is 2.84. The molecule has 2 aromatic rings. The van der Waals surface area contributed by atoms with E-state index in [4.69, 9.17) is 9.47 Å². The van der Waals surface area contributed by atoms with Gasteiger partial charge < -0.3 is 14.4 Å². The molecular weight excluding hydrogens is 266 g/mol. The van der Waals surface area contributed by atoms with Crippen LogP contribution in [0.3, 0.4) is 0 Å². The van der Waals surface area contributed by atoms with Gasteiger partial charge in [-0.2, -0.15) is 0 Å². The normalized spacial score (nSPS) is 16.2. The van der Waals surface area contributed by atoms with Crippen molar-refractivity contribution in [2.75, 3.05) is 32.2 Å². The van der Waals surface area contributed by atoms with Crippen LogP contribution in [-0.2, 0) is 0 Å². The molecule has 5 heteroatoms. The highest BCUT2D eigenvalue weighted by atomic mass is 16.5. The molecule has 0 unspecified atom stereocenters. The Hall–Kier alpha value is -2.04. The Labute approximate surface area is 124 Å². The predicted octanol–water partition coefficient (Wildman–Crippen LogP) is 2.88. The van der Waals surface area contributed by atoms with Crippen LogP contribution in [0.25, 0.3) is 10.9 Å². The standard InChI is InChI=1S/C16H21N3O2/c1-11-4-6-19(7-5-11)16-12-8-14(20-2)15(21-3)9-13(12)17-10-18-16/h8-11H,4-7H2,1-3H3. The van der Waals surface area contributed by atoms with Crippen LogP contribution in [0.1, 0.15) is 19.8 Å². The lowest BCUT2D eigenvalue weighted by atomic mass is 9.99. The molecule has 112 valence electrons. The second-order valence-electron chi connectivity index (χ2n) is 5.59. The summed E-state index contributed by atoms with van der Waals surface area (Å²) in [6.45, 7) is 4.40. The van der Waals surface area contributed by atoms with Crippen LogP contribution in [0.4, 0.5) is 5.82 Å². The summed E-state index contributed by atoms with van der Waals surface area (Å²) in [5.41, 5.74) is 0.885. The number of fused-ring (bicyclic) bond motifs is 1. The van der Waals surface area contributed by atoms with Crippen molar-refractivity contribution in [2.45, 2.75) is 19.8 Å². The van der Waals surface area contributed by atoms with E-state index in [1.165, 1.54) is 12.8 Å². The van der Waals surface area contributed by atoms with E-state index in [1.54, 1.807) is 20.5 Å². The molecule has 0 spiro atoms. The number of aromatic nitrogens is 2. The first kappa shape index (κ1) is 13.9. The summed E-state index contributed by atoms with van der Waals surface area (Å²) < 4.78 is 10.7. The SMILES string of the molecule is COc1cc2ncnc(N3CCC(C)CC3)c2cc1OC. The first-order valence-corrected chi connectivity index (χ1v) is 7.34. The molecule has 1 aromatic carbocycles. The van der Waals surface area contributed by atoms with Crippen LogP contribution < -0.4 is 14.4 Å². The lowest BCUT2D eigenvalue weighted by molar-refractivity contribution is 0.355. The van der Waals surface area contributed by atoms with E-state index in [0.717, 1.165) is 35.7 Å². The maximum atomic E-state index is 5.40. The summed E-state index contributed by atoms with van der Waals surface area (Å²) in [5, 5.41) is 1.02. The van der Waals surface area contributed by atoms with Crippen LogP contribution in [0.15, 0.2) is 18.5 Å². The molecule has 0 saturated carbocycles. The molecule has 5 nitrogen and oxygen atoms in total. The Morgan fingerprint density at radius 3 is 2.38 bits per heavy atom. The van der Waals surface area contributed by atoms with Gasteiger partial charge >= 0.3 is 0 Å². The number of benzene rings is 1. The van der Waals surface area contributed by atoms with Gasteiger partial charge in [-0.1, -0.05) is 6.92 Å². The molecule has 21 heavy (non-hydrogen) atoms. The lowest BCUT2D eigenvalue weighted by Gasteiger charge is -2.31. The van der Waals surface area contributed by atoms with Gasteiger partial charge in [-0.15, -0.1) is 0 Å². The Morgan fingerprint density at radius 1 is 1.05 bits per heavy atom. The van der Waals surface area contributed by atoms with E-state index in [9.17, 15) is 0 Å². The Kier molecular flexibility index (Phi) is 3.82. The van der Waals surface area contributed by atoms with Gasteiger partial charge in [0.2, 0.25) is 0 Å². The van der Waals surface area contributed by atoms with E-state index in [0.29, 0.717) is 11.5 Å².